The van der Waals surface area contributed by atoms with Crippen LogP contribution in [0.3, 0.4) is 0 Å². The molecule has 1 aliphatic heterocycles. The second-order valence-electron chi connectivity index (χ2n) is 3.00. The highest BCUT2D eigenvalue weighted by Crippen LogP contribution is 2.25. The van der Waals surface area contributed by atoms with Crippen LogP contribution < -0.4 is 5.32 Å². The first-order chi connectivity index (χ1) is 6.05. The van der Waals surface area contributed by atoms with Crippen molar-refractivity contribution in [2.45, 2.75) is 12.2 Å². The van der Waals surface area contributed by atoms with E-state index in [-0.39, 0.29) is 13.1 Å². The first kappa shape index (κ1) is 10.7. The summed E-state index contributed by atoms with van der Waals surface area (Å²) in [5, 5.41) is 2.91. The van der Waals surface area contributed by atoms with Crippen molar-refractivity contribution in [2.24, 2.45) is 0 Å². The standard InChI is InChI=1S/C7H12F4N2/c8-5-6(7(9,10)11)13-3-1-12-2-4-13/h6,12H,1-5H2/t6-/m1/s1. The third-order valence-corrected chi connectivity index (χ3v) is 2.12. The molecule has 0 bridgehead atoms. The van der Waals surface area contributed by atoms with Crippen LogP contribution >= 0.6 is 0 Å². The van der Waals surface area contributed by atoms with Crippen molar-refractivity contribution < 1.29 is 17.6 Å². The molecular weight excluding hydrogens is 188 g/mol. The molecule has 2 nitrogen and oxygen atoms in total. The fourth-order valence-electron chi connectivity index (χ4n) is 1.39. The van der Waals surface area contributed by atoms with Crippen molar-refractivity contribution in [1.82, 2.24) is 10.2 Å². The minimum absolute atomic E-state index is 0.258. The van der Waals surface area contributed by atoms with Gasteiger partial charge in [0.15, 0.2) is 0 Å². The molecule has 1 N–H and O–H groups in total. The van der Waals surface area contributed by atoms with E-state index >= 15 is 0 Å². The molecule has 1 heterocycles. The molecule has 0 aromatic heterocycles. The number of halogens is 4. The molecule has 1 rings (SSSR count). The molecule has 1 aliphatic rings. The average Bonchev–Trinajstić information content (AvgIpc) is 2.05. The van der Waals surface area contributed by atoms with Crippen LogP contribution in [-0.2, 0) is 0 Å². The minimum Gasteiger partial charge on any atom is -0.314 e. The molecule has 0 aromatic rings. The quantitative estimate of drug-likeness (QED) is 0.663. The van der Waals surface area contributed by atoms with Gasteiger partial charge < -0.3 is 5.32 Å². The Labute approximate surface area is 73.9 Å². The van der Waals surface area contributed by atoms with Crippen molar-refractivity contribution in [2.75, 3.05) is 32.9 Å². The van der Waals surface area contributed by atoms with Crippen molar-refractivity contribution >= 4 is 0 Å². The van der Waals surface area contributed by atoms with Crippen LogP contribution in [0.15, 0.2) is 0 Å². The van der Waals surface area contributed by atoms with E-state index < -0.39 is 18.9 Å². The van der Waals surface area contributed by atoms with Crippen LogP contribution in [0.2, 0.25) is 0 Å². The number of nitrogens with zero attached hydrogens (tertiary/aromatic N) is 1. The topological polar surface area (TPSA) is 15.3 Å². The van der Waals surface area contributed by atoms with Crippen LogP contribution in [0, 0.1) is 0 Å². The number of alkyl halides is 4. The molecule has 0 spiro atoms. The van der Waals surface area contributed by atoms with Crippen LogP contribution in [-0.4, -0.2) is 50.0 Å². The van der Waals surface area contributed by atoms with Gasteiger partial charge in [0.05, 0.1) is 0 Å². The lowest BCUT2D eigenvalue weighted by Crippen LogP contribution is -2.54. The van der Waals surface area contributed by atoms with E-state index in [0.717, 1.165) is 4.90 Å². The first-order valence-corrected chi connectivity index (χ1v) is 4.13. The summed E-state index contributed by atoms with van der Waals surface area (Å²) in [6.07, 6.45) is -4.45. The molecule has 1 atom stereocenters. The van der Waals surface area contributed by atoms with E-state index in [1.807, 2.05) is 0 Å². The third-order valence-electron chi connectivity index (χ3n) is 2.12. The zero-order valence-corrected chi connectivity index (χ0v) is 7.07. The van der Waals surface area contributed by atoms with Gasteiger partial charge in [0.25, 0.3) is 0 Å². The van der Waals surface area contributed by atoms with Crippen LogP contribution in [0.25, 0.3) is 0 Å². The van der Waals surface area contributed by atoms with Gasteiger partial charge in [-0.05, 0) is 0 Å². The van der Waals surface area contributed by atoms with Gasteiger partial charge in [-0.25, -0.2) is 4.39 Å². The summed E-state index contributed by atoms with van der Waals surface area (Å²) in [6, 6.07) is -1.92. The third kappa shape index (κ3) is 2.80. The number of rotatable bonds is 2. The summed E-state index contributed by atoms with van der Waals surface area (Å²) in [5.41, 5.74) is 0. The van der Waals surface area contributed by atoms with Gasteiger partial charge in [-0.3, -0.25) is 4.90 Å². The maximum atomic E-state index is 12.2. The molecule has 0 amide bonds. The van der Waals surface area contributed by atoms with E-state index in [0.29, 0.717) is 13.1 Å². The SMILES string of the molecule is FC[C@@H](N1CCNCC1)C(F)(F)F. The Hall–Kier alpha value is -0.360. The predicted octanol–water partition coefficient (Wildman–Crippen LogP) is 0.792. The normalized spacial score (nSPS) is 23.1. The van der Waals surface area contributed by atoms with E-state index in [2.05, 4.69) is 5.32 Å². The van der Waals surface area contributed by atoms with Gasteiger partial charge in [-0.2, -0.15) is 13.2 Å². The summed E-state index contributed by atoms with van der Waals surface area (Å²) in [7, 11) is 0. The van der Waals surface area contributed by atoms with E-state index in [1.165, 1.54) is 0 Å². The van der Waals surface area contributed by atoms with Gasteiger partial charge in [0.2, 0.25) is 0 Å². The Balaban J connectivity index is 2.54. The first-order valence-electron chi connectivity index (χ1n) is 4.13. The zero-order valence-electron chi connectivity index (χ0n) is 7.07. The van der Waals surface area contributed by atoms with Crippen LogP contribution in [0.4, 0.5) is 17.6 Å². The molecule has 1 saturated heterocycles. The fraction of sp³-hybridized carbons (Fsp3) is 1.00. The number of piperazine rings is 1. The summed E-state index contributed by atoms with van der Waals surface area (Å²) in [5.74, 6) is 0. The molecule has 1 fully saturated rings. The van der Waals surface area contributed by atoms with Crippen molar-refractivity contribution in [3.05, 3.63) is 0 Å². The summed E-state index contributed by atoms with van der Waals surface area (Å²) in [6.45, 7) is 0.144. The lowest BCUT2D eigenvalue weighted by atomic mass is 10.2. The second-order valence-corrected chi connectivity index (χ2v) is 3.00. The number of hydrogen-bond donors (Lipinski definition) is 1. The maximum absolute atomic E-state index is 12.2. The Morgan fingerprint density at radius 3 is 2.15 bits per heavy atom. The highest BCUT2D eigenvalue weighted by molar-refractivity contribution is 4.81. The molecule has 78 valence electrons. The largest absolute Gasteiger partial charge is 0.406 e. The Kier molecular flexibility index (Phi) is 3.49. The summed E-state index contributed by atoms with van der Waals surface area (Å²) >= 11 is 0. The lowest BCUT2D eigenvalue weighted by Gasteiger charge is -2.34. The molecule has 13 heavy (non-hydrogen) atoms. The van der Waals surface area contributed by atoms with E-state index in [1.54, 1.807) is 0 Å². The number of nitrogens with one attached hydrogen (secondary N) is 1. The van der Waals surface area contributed by atoms with Crippen molar-refractivity contribution in [3.8, 4) is 0 Å². The van der Waals surface area contributed by atoms with Crippen LogP contribution in [0.5, 0.6) is 0 Å². The predicted molar refractivity (Wildman–Crippen MR) is 40.3 cm³/mol. The molecule has 6 heteroatoms. The van der Waals surface area contributed by atoms with Gasteiger partial charge in [-0.15, -0.1) is 0 Å². The van der Waals surface area contributed by atoms with Gasteiger partial charge >= 0.3 is 6.18 Å². The Morgan fingerprint density at radius 2 is 1.77 bits per heavy atom. The van der Waals surface area contributed by atoms with Crippen molar-refractivity contribution in [1.29, 1.82) is 0 Å². The lowest BCUT2D eigenvalue weighted by molar-refractivity contribution is -0.188. The van der Waals surface area contributed by atoms with Gasteiger partial charge in [-0.1, -0.05) is 0 Å². The smallest absolute Gasteiger partial charge is 0.314 e. The fourth-order valence-corrected chi connectivity index (χ4v) is 1.39. The molecular formula is C7H12F4N2. The van der Waals surface area contributed by atoms with E-state index in [9.17, 15) is 17.6 Å². The van der Waals surface area contributed by atoms with Gasteiger partial charge in [0, 0.05) is 26.2 Å². The van der Waals surface area contributed by atoms with Gasteiger partial charge in [0.1, 0.15) is 12.7 Å². The monoisotopic (exact) mass is 200 g/mol. The highest BCUT2D eigenvalue weighted by atomic mass is 19.4. The molecule has 0 aliphatic carbocycles. The molecule has 0 aromatic carbocycles. The number of hydrogen-bond acceptors (Lipinski definition) is 2. The molecule has 0 saturated carbocycles. The average molecular weight is 200 g/mol. The molecule has 0 unspecified atom stereocenters. The Bertz CT molecular complexity index is 153. The van der Waals surface area contributed by atoms with Crippen molar-refractivity contribution in [3.63, 3.8) is 0 Å². The summed E-state index contributed by atoms with van der Waals surface area (Å²) < 4.78 is 48.8. The maximum Gasteiger partial charge on any atom is 0.406 e. The van der Waals surface area contributed by atoms with E-state index in [4.69, 9.17) is 0 Å². The zero-order chi connectivity index (χ0) is 9.90. The van der Waals surface area contributed by atoms with Crippen LogP contribution in [0.1, 0.15) is 0 Å². The minimum atomic E-state index is -4.45. The second kappa shape index (κ2) is 4.23. The Morgan fingerprint density at radius 1 is 1.23 bits per heavy atom. The highest BCUT2D eigenvalue weighted by Gasteiger charge is 2.43. The molecule has 0 radical (unpaired) electrons. The summed E-state index contributed by atoms with van der Waals surface area (Å²) in [4.78, 5) is 1.14.